The molecule has 0 atom stereocenters. The van der Waals surface area contributed by atoms with Gasteiger partial charge in [0.05, 0.1) is 17.8 Å². The number of carbonyl (C=O) groups is 1. The van der Waals surface area contributed by atoms with Gasteiger partial charge in [-0.2, -0.15) is 0 Å². The number of benzene rings is 1. The number of hydrogen-bond donors (Lipinski definition) is 1. The molecule has 0 saturated heterocycles. The third-order valence-electron chi connectivity index (χ3n) is 2.62. The molecule has 0 radical (unpaired) electrons. The fourth-order valence-corrected chi connectivity index (χ4v) is 1.92. The van der Waals surface area contributed by atoms with Gasteiger partial charge in [0.2, 0.25) is 0 Å². The predicted molar refractivity (Wildman–Crippen MR) is 69.0 cm³/mol. The lowest BCUT2D eigenvalue weighted by Gasteiger charge is -2.08. The summed E-state index contributed by atoms with van der Waals surface area (Å²) in [4.78, 5) is 15.5. The molecular formula is C12H11ClFN3O2. The third kappa shape index (κ3) is 2.26. The second kappa shape index (κ2) is 4.89. The molecule has 0 aliphatic carbocycles. The highest BCUT2D eigenvalue weighted by molar-refractivity contribution is 6.30. The van der Waals surface area contributed by atoms with Crippen molar-refractivity contribution >= 4 is 23.4 Å². The molecule has 0 aliphatic rings. The Morgan fingerprint density at radius 2 is 2.21 bits per heavy atom. The van der Waals surface area contributed by atoms with Gasteiger partial charge in [0, 0.05) is 0 Å². The maximum absolute atomic E-state index is 13.1. The smallest absolute Gasteiger partial charge is 0.360 e. The lowest BCUT2D eigenvalue weighted by molar-refractivity contribution is 0.0596. The Bertz CT molecular complexity index is 655. The SMILES string of the molecule is COC(=O)c1nc(C)n(-c2ccc(F)c(Cl)c2)c1N. The first-order valence-electron chi connectivity index (χ1n) is 5.34. The van der Waals surface area contributed by atoms with Crippen LogP contribution in [0.5, 0.6) is 0 Å². The second-order valence-corrected chi connectivity index (χ2v) is 4.23. The minimum atomic E-state index is -0.632. The number of nitrogen functional groups attached to an aromatic ring is 1. The molecule has 2 N–H and O–H groups in total. The minimum Gasteiger partial charge on any atom is -0.464 e. The van der Waals surface area contributed by atoms with Crippen molar-refractivity contribution in [2.75, 3.05) is 12.8 Å². The number of imidazole rings is 1. The fourth-order valence-electron chi connectivity index (χ4n) is 1.75. The standard InChI is InChI=1S/C12H11ClFN3O2/c1-6-16-10(12(18)19-2)11(15)17(6)7-3-4-9(14)8(13)5-7/h3-5H,15H2,1-2H3. The van der Waals surface area contributed by atoms with E-state index in [9.17, 15) is 9.18 Å². The number of aryl methyl sites for hydroxylation is 1. The Morgan fingerprint density at radius 3 is 2.79 bits per heavy atom. The molecule has 0 spiro atoms. The lowest BCUT2D eigenvalue weighted by Crippen LogP contribution is -2.07. The van der Waals surface area contributed by atoms with Crippen molar-refractivity contribution in [3.05, 3.63) is 40.6 Å². The van der Waals surface area contributed by atoms with E-state index in [4.69, 9.17) is 17.3 Å². The molecule has 0 aliphatic heterocycles. The lowest BCUT2D eigenvalue weighted by atomic mass is 10.3. The molecule has 5 nitrogen and oxygen atoms in total. The molecule has 1 aromatic heterocycles. The average Bonchev–Trinajstić information content (AvgIpc) is 2.68. The number of anilines is 1. The fraction of sp³-hybridized carbons (Fsp3) is 0.167. The van der Waals surface area contributed by atoms with Crippen LogP contribution >= 0.6 is 11.6 Å². The Labute approximate surface area is 113 Å². The molecular weight excluding hydrogens is 273 g/mol. The van der Waals surface area contributed by atoms with E-state index in [2.05, 4.69) is 9.72 Å². The highest BCUT2D eigenvalue weighted by Gasteiger charge is 2.20. The van der Waals surface area contributed by atoms with Crippen LogP contribution in [0.15, 0.2) is 18.2 Å². The summed E-state index contributed by atoms with van der Waals surface area (Å²) in [5, 5.41) is -0.0374. The largest absolute Gasteiger partial charge is 0.464 e. The van der Waals surface area contributed by atoms with Crippen LogP contribution in [0.25, 0.3) is 5.69 Å². The van der Waals surface area contributed by atoms with Crippen LogP contribution in [0.4, 0.5) is 10.2 Å². The Balaban J connectivity index is 2.59. The third-order valence-corrected chi connectivity index (χ3v) is 2.91. The van der Waals surface area contributed by atoms with E-state index >= 15 is 0 Å². The first-order valence-corrected chi connectivity index (χ1v) is 5.72. The maximum atomic E-state index is 13.1. The normalized spacial score (nSPS) is 10.5. The summed E-state index contributed by atoms with van der Waals surface area (Å²) in [6.45, 7) is 1.67. The van der Waals surface area contributed by atoms with Gasteiger partial charge in [0.25, 0.3) is 0 Å². The van der Waals surface area contributed by atoms with E-state index in [0.717, 1.165) is 0 Å². The van der Waals surface area contributed by atoms with Crippen LogP contribution in [0, 0.1) is 12.7 Å². The molecule has 2 aromatic rings. The number of aromatic nitrogens is 2. The summed E-state index contributed by atoms with van der Waals surface area (Å²) >= 11 is 5.72. The number of carbonyl (C=O) groups excluding carboxylic acids is 1. The van der Waals surface area contributed by atoms with Crippen molar-refractivity contribution in [1.82, 2.24) is 9.55 Å². The zero-order chi connectivity index (χ0) is 14.2. The number of nitrogens with zero attached hydrogens (tertiary/aromatic N) is 2. The molecule has 7 heteroatoms. The van der Waals surface area contributed by atoms with Gasteiger partial charge < -0.3 is 10.5 Å². The number of ether oxygens (including phenoxy) is 1. The number of rotatable bonds is 2. The number of halogens is 2. The molecule has 100 valence electrons. The molecule has 0 amide bonds. The van der Waals surface area contributed by atoms with Gasteiger partial charge in [-0.15, -0.1) is 0 Å². The van der Waals surface area contributed by atoms with Gasteiger partial charge in [-0.1, -0.05) is 11.6 Å². The average molecular weight is 284 g/mol. The van der Waals surface area contributed by atoms with Crippen LogP contribution in [0.1, 0.15) is 16.3 Å². The van der Waals surface area contributed by atoms with Crippen molar-refractivity contribution in [2.45, 2.75) is 6.92 Å². The molecule has 2 rings (SSSR count). The van der Waals surface area contributed by atoms with Crippen LogP contribution in [0.3, 0.4) is 0 Å². The molecule has 0 bridgehead atoms. The maximum Gasteiger partial charge on any atom is 0.360 e. The van der Waals surface area contributed by atoms with Gasteiger partial charge in [-0.25, -0.2) is 14.2 Å². The van der Waals surface area contributed by atoms with Crippen molar-refractivity contribution < 1.29 is 13.9 Å². The van der Waals surface area contributed by atoms with Crippen molar-refractivity contribution in [3.63, 3.8) is 0 Å². The highest BCUT2D eigenvalue weighted by Crippen LogP contribution is 2.24. The summed E-state index contributed by atoms with van der Waals surface area (Å²) < 4.78 is 19.2. The van der Waals surface area contributed by atoms with E-state index < -0.39 is 11.8 Å². The van der Waals surface area contributed by atoms with Gasteiger partial charge in [0.15, 0.2) is 5.69 Å². The summed E-state index contributed by atoms with van der Waals surface area (Å²) in [5.74, 6) is -0.574. The summed E-state index contributed by atoms with van der Waals surface area (Å²) in [6.07, 6.45) is 0. The summed E-state index contributed by atoms with van der Waals surface area (Å²) in [5.41, 5.74) is 6.40. The van der Waals surface area contributed by atoms with E-state index in [1.807, 2.05) is 0 Å². The number of esters is 1. The monoisotopic (exact) mass is 283 g/mol. The molecule has 0 unspecified atom stereocenters. The van der Waals surface area contributed by atoms with Crippen molar-refractivity contribution in [1.29, 1.82) is 0 Å². The number of nitrogens with two attached hydrogens (primary N) is 1. The van der Waals surface area contributed by atoms with Crippen LogP contribution in [-0.4, -0.2) is 22.6 Å². The summed E-state index contributed by atoms with van der Waals surface area (Å²) in [7, 11) is 1.24. The highest BCUT2D eigenvalue weighted by atomic mass is 35.5. The van der Waals surface area contributed by atoms with E-state index in [1.54, 1.807) is 6.92 Å². The molecule has 1 heterocycles. The zero-order valence-electron chi connectivity index (χ0n) is 10.3. The van der Waals surface area contributed by atoms with E-state index in [1.165, 1.54) is 29.9 Å². The Morgan fingerprint density at radius 1 is 1.53 bits per heavy atom. The van der Waals surface area contributed by atoms with Crippen LogP contribution in [0.2, 0.25) is 5.02 Å². The zero-order valence-corrected chi connectivity index (χ0v) is 11.0. The van der Waals surface area contributed by atoms with E-state index in [0.29, 0.717) is 11.5 Å². The molecule has 0 fully saturated rings. The number of methoxy groups -OCH3 is 1. The van der Waals surface area contributed by atoms with Crippen LogP contribution in [-0.2, 0) is 4.74 Å². The Hall–Kier alpha value is -2.08. The molecule has 19 heavy (non-hydrogen) atoms. The van der Waals surface area contributed by atoms with Crippen LogP contribution < -0.4 is 5.73 Å². The van der Waals surface area contributed by atoms with Gasteiger partial charge in [-0.3, -0.25) is 4.57 Å². The molecule has 0 saturated carbocycles. The quantitative estimate of drug-likeness (QED) is 0.859. The van der Waals surface area contributed by atoms with Crippen molar-refractivity contribution in [3.8, 4) is 5.69 Å². The second-order valence-electron chi connectivity index (χ2n) is 3.82. The summed E-state index contributed by atoms with van der Waals surface area (Å²) in [6, 6.07) is 4.12. The van der Waals surface area contributed by atoms with Crippen molar-refractivity contribution in [2.24, 2.45) is 0 Å². The topological polar surface area (TPSA) is 70.1 Å². The number of hydrogen-bond acceptors (Lipinski definition) is 4. The Kier molecular flexibility index (Phi) is 3.44. The first-order chi connectivity index (χ1) is 8.95. The molecule has 1 aromatic carbocycles. The van der Waals surface area contributed by atoms with Gasteiger partial charge in [-0.05, 0) is 25.1 Å². The first kappa shape index (κ1) is 13.4. The van der Waals surface area contributed by atoms with Gasteiger partial charge >= 0.3 is 5.97 Å². The van der Waals surface area contributed by atoms with Gasteiger partial charge in [0.1, 0.15) is 17.5 Å². The predicted octanol–water partition coefficient (Wildman–Crippen LogP) is 2.34. The van der Waals surface area contributed by atoms with E-state index in [-0.39, 0.29) is 16.5 Å². The minimum absolute atomic E-state index is 0.0143.